The minimum atomic E-state index is -1.01. The number of carbonyl (C=O) groups excluding carboxylic acids is 2. The minimum Gasteiger partial charge on any atom is -0.508 e. The molecule has 0 saturated carbocycles. The molecule has 42 heavy (non-hydrogen) atoms. The highest BCUT2D eigenvalue weighted by Crippen LogP contribution is 2.52. The normalized spacial score (nSPS) is 24.2. The smallest absolute Gasteiger partial charge is 0.455 e. The van der Waals surface area contributed by atoms with E-state index in [1.165, 1.54) is 10.5 Å². The summed E-state index contributed by atoms with van der Waals surface area (Å²) in [7, 11) is -1.01. The van der Waals surface area contributed by atoms with Crippen LogP contribution in [0, 0.1) is 17.8 Å². The van der Waals surface area contributed by atoms with Gasteiger partial charge in [0.1, 0.15) is 5.75 Å². The molecule has 2 fully saturated rings. The maximum Gasteiger partial charge on any atom is 0.455 e. The van der Waals surface area contributed by atoms with Crippen molar-refractivity contribution in [3.63, 3.8) is 0 Å². The second-order valence-corrected chi connectivity index (χ2v) is 11.6. The summed E-state index contributed by atoms with van der Waals surface area (Å²) in [5.41, 5.74) is 6.00. The Morgan fingerprint density at radius 3 is 2.43 bits per heavy atom. The number of nitrogens with zero attached hydrogens (tertiary/aromatic N) is 1. The van der Waals surface area contributed by atoms with Gasteiger partial charge in [-0.1, -0.05) is 85.7 Å². The van der Waals surface area contributed by atoms with Gasteiger partial charge in [0.05, 0.1) is 23.6 Å². The van der Waals surface area contributed by atoms with E-state index in [1.807, 2.05) is 48.5 Å². The Labute approximate surface area is 247 Å². The highest BCUT2D eigenvalue weighted by molar-refractivity contribution is 6.43. The number of rotatable bonds is 8. The monoisotopic (exact) mass is 561 g/mol. The molecule has 3 aliphatic rings. The summed E-state index contributed by atoms with van der Waals surface area (Å²) in [6, 6.07) is 26.5. The van der Waals surface area contributed by atoms with Crippen LogP contribution in [0.15, 0.2) is 96.1 Å². The summed E-state index contributed by atoms with van der Waals surface area (Å²) in [5.74, 6) is -1.24. The van der Waals surface area contributed by atoms with Crippen LogP contribution in [-0.4, -0.2) is 35.2 Å². The molecule has 0 spiro atoms. The first-order chi connectivity index (χ1) is 20.4. The maximum atomic E-state index is 13.9. The minimum absolute atomic E-state index is 0.137. The summed E-state index contributed by atoms with van der Waals surface area (Å²) in [5, 5.41) is 21.0. The van der Waals surface area contributed by atoms with Crippen LogP contribution in [-0.2, 0) is 14.2 Å². The van der Waals surface area contributed by atoms with Crippen molar-refractivity contribution in [1.29, 1.82) is 0 Å². The molecular weight excluding hydrogens is 525 g/mol. The first kappa shape index (κ1) is 28.2. The van der Waals surface area contributed by atoms with E-state index in [-0.39, 0.29) is 29.6 Å². The number of anilines is 1. The van der Waals surface area contributed by atoms with E-state index in [0.717, 1.165) is 35.1 Å². The number of carbonyl (C=O) groups is 2. The summed E-state index contributed by atoms with van der Waals surface area (Å²) in [4.78, 5) is 28.9. The van der Waals surface area contributed by atoms with Crippen molar-refractivity contribution in [3.05, 3.63) is 107 Å². The molecule has 7 heteroatoms. The fraction of sp³-hybridized carbons (Fsp3) is 0.314. The lowest BCUT2D eigenvalue weighted by Crippen LogP contribution is -2.46. The molecule has 214 valence electrons. The van der Waals surface area contributed by atoms with Gasteiger partial charge in [-0.05, 0) is 84.5 Å². The van der Waals surface area contributed by atoms with Crippen molar-refractivity contribution >= 4 is 36.3 Å². The predicted octanol–water partition coefficient (Wildman–Crippen LogP) is 6.51. The number of hydrogen-bond acceptors (Lipinski definition) is 5. The quantitative estimate of drug-likeness (QED) is 0.142. The highest BCUT2D eigenvalue weighted by Gasteiger charge is 2.57. The number of allylic oxidation sites excluding steroid dienone is 2. The average Bonchev–Trinajstić information content (AvgIpc) is 3.25. The van der Waals surface area contributed by atoms with Gasteiger partial charge in [0.25, 0.3) is 0 Å². The first-order valence-corrected chi connectivity index (χ1v) is 15.0. The zero-order chi connectivity index (χ0) is 29.2. The number of benzene rings is 3. The van der Waals surface area contributed by atoms with Gasteiger partial charge in [0.2, 0.25) is 11.8 Å². The average molecular weight is 561 g/mol. The molecule has 3 aromatic rings. The molecule has 6 nitrogen and oxygen atoms in total. The van der Waals surface area contributed by atoms with Crippen molar-refractivity contribution in [2.75, 3.05) is 4.90 Å². The Morgan fingerprint density at radius 1 is 0.976 bits per heavy atom. The Bertz CT molecular complexity index is 1520. The number of phenols is 1. The van der Waals surface area contributed by atoms with Gasteiger partial charge < -0.3 is 14.8 Å². The third-order valence-corrected chi connectivity index (χ3v) is 8.91. The summed E-state index contributed by atoms with van der Waals surface area (Å²) in [6.07, 6.45) is 5.65. The summed E-state index contributed by atoms with van der Waals surface area (Å²) < 4.78 is 6.23. The molecule has 2 amide bonds. The summed E-state index contributed by atoms with van der Waals surface area (Å²) >= 11 is 0. The Kier molecular flexibility index (Phi) is 8.14. The van der Waals surface area contributed by atoms with Gasteiger partial charge in [0, 0.05) is 0 Å². The van der Waals surface area contributed by atoms with Gasteiger partial charge in [-0.2, -0.15) is 0 Å². The van der Waals surface area contributed by atoms with Crippen LogP contribution in [0.3, 0.4) is 0 Å². The van der Waals surface area contributed by atoms with E-state index in [0.29, 0.717) is 31.3 Å². The van der Waals surface area contributed by atoms with Crippen LogP contribution in [0.5, 0.6) is 5.75 Å². The Hall–Kier alpha value is -3.94. The molecule has 4 atom stereocenters. The van der Waals surface area contributed by atoms with Crippen molar-refractivity contribution < 1.29 is 24.4 Å². The zero-order valence-electron chi connectivity index (χ0n) is 23.9. The Morgan fingerprint density at radius 2 is 1.71 bits per heavy atom. The number of hydrogen-bond donors (Lipinski definition) is 2. The number of phenolic OH excluding ortho intramolecular Hbond substituents is 1. The predicted molar refractivity (Wildman–Crippen MR) is 165 cm³/mol. The molecule has 0 radical (unpaired) electrons. The molecule has 1 aliphatic carbocycles. The molecule has 2 aliphatic heterocycles. The largest absolute Gasteiger partial charge is 0.508 e. The first-order valence-electron chi connectivity index (χ1n) is 15.0. The third kappa shape index (κ3) is 5.47. The maximum absolute atomic E-state index is 13.9. The van der Waals surface area contributed by atoms with Crippen molar-refractivity contribution in [2.24, 2.45) is 17.8 Å². The Balaban J connectivity index is 1.33. The molecular formula is C35H36BNO5. The number of amides is 2. The van der Waals surface area contributed by atoms with E-state index < -0.39 is 19.0 Å². The van der Waals surface area contributed by atoms with Crippen LogP contribution in [0.4, 0.5) is 5.69 Å². The molecule has 6 rings (SSSR count). The molecule has 0 aromatic heterocycles. The van der Waals surface area contributed by atoms with Gasteiger partial charge in [-0.15, -0.1) is 0 Å². The fourth-order valence-electron chi connectivity index (χ4n) is 7.19. The van der Waals surface area contributed by atoms with Gasteiger partial charge >= 0.3 is 7.12 Å². The zero-order valence-corrected chi connectivity index (χ0v) is 23.9. The van der Waals surface area contributed by atoms with Gasteiger partial charge in [-0.25, -0.2) is 0 Å². The van der Waals surface area contributed by atoms with Gasteiger partial charge in [0.15, 0.2) is 0 Å². The van der Waals surface area contributed by atoms with Crippen molar-refractivity contribution in [1.82, 2.24) is 0 Å². The van der Waals surface area contributed by atoms with Crippen LogP contribution < -0.4 is 4.90 Å². The van der Waals surface area contributed by atoms with Crippen molar-refractivity contribution in [3.8, 4) is 5.75 Å². The number of para-hydroxylation sites is 1. The van der Waals surface area contributed by atoms with Gasteiger partial charge in [-0.3, -0.25) is 14.5 Å². The van der Waals surface area contributed by atoms with Crippen LogP contribution in [0.1, 0.15) is 50.2 Å². The number of fused-ring (bicyclic) bond motifs is 3. The number of aromatic hydroxyl groups is 1. The van der Waals surface area contributed by atoms with E-state index in [2.05, 4.69) is 25.1 Å². The lowest BCUT2D eigenvalue weighted by Gasteiger charge is -2.43. The molecule has 3 aromatic carbocycles. The lowest BCUT2D eigenvalue weighted by molar-refractivity contribution is -0.122. The van der Waals surface area contributed by atoms with Crippen LogP contribution in [0.2, 0.25) is 6.32 Å². The molecule has 2 N–H and O–H groups in total. The van der Waals surface area contributed by atoms with Crippen molar-refractivity contribution in [2.45, 2.75) is 51.5 Å². The van der Waals surface area contributed by atoms with Crippen LogP contribution in [0.25, 0.3) is 11.6 Å². The fourth-order valence-corrected chi connectivity index (χ4v) is 7.19. The highest BCUT2D eigenvalue weighted by atomic mass is 16.5. The van der Waals surface area contributed by atoms with Crippen LogP contribution >= 0.6 is 0 Å². The number of imide groups is 1. The van der Waals surface area contributed by atoms with E-state index in [4.69, 9.17) is 4.65 Å². The SMILES string of the molecule is CCCC1=C2[C@@H](CC/C(=C/c3cccc(O)c3)c3ccccc3)OB(O)C[C@@H]2[C@@H]2C(=O)N(c3ccccc3)C(=O)[C@@H]2C1. The second-order valence-electron chi connectivity index (χ2n) is 11.6. The topological polar surface area (TPSA) is 87.1 Å². The molecule has 2 saturated heterocycles. The lowest BCUT2D eigenvalue weighted by atomic mass is 9.58. The molecule has 2 heterocycles. The second kappa shape index (κ2) is 12.1. The van der Waals surface area contributed by atoms with E-state index in [9.17, 15) is 19.7 Å². The third-order valence-electron chi connectivity index (χ3n) is 8.91. The standard InChI is InChI=1S/C35H36BNO5/c1-2-10-26-21-29-33(35(40)37(34(29)39)27-14-7-4-8-15-27)30-22-36(41)42-31(32(26)30)18-17-25(24-12-5-3-6-13-24)19-23-11-9-16-28(38)20-23/h3-9,11-16,19-20,29-31,33,38,41H,2,10,17-18,21-22H2,1H3/b25-19-/t29-,30+,31-,33-/m1/s1. The van der Waals surface area contributed by atoms with E-state index in [1.54, 1.807) is 24.3 Å². The summed E-state index contributed by atoms with van der Waals surface area (Å²) in [6.45, 7) is 2.13. The molecule has 0 bridgehead atoms. The van der Waals surface area contributed by atoms with E-state index >= 15 is 0 Å². The molecule has 0 unspecified atom stereocenters.